The van der Waals surface area contributed by atoms with E-state index < -0.39 is 0 Å². The quantitative estimate of drug-likeness (QED) is 0.595. The van der Waals surface area contributed by atoms with Crippen LogP contribution in [-0.2, 0) is 21.7 Å². The number of amides is 1. The summed E-state index contributed by atoms with van der Waals surface area (Å²) in [7, 11) is 0. The summed E-state index contributed by atoms with van der Waals surface area (Å²) in [5, 5.41) is 4.18. The number of fused-ring (bicyclic) bond motifs is 2. The second-order valence-electron chi connectivity index (χ2n) is 8.60. The monoisotopic (exact) mass is 446 g/mol. The van der Waals surface area contributed by atoms with Gasteiger partial charge in [0.15, 0.2) is 0 Å². The molecule has 1 fully saturated rings. The van der Waals surface area contributed by atoms with Crippen molar-refractivity contribution < 1.29 is 9.53 Å². The molecule has 32 heavy (non-hydrogen) atoms. The van der Waals surface area contributed by atoms with Crippen LogP contribution in [0.5, 0.6) is 0 Å². The van der Waals surface area contributed by atoms with Gasteiger partial charge in [0, 0.05) is 18.1 Å². The lowest BCUT2D eigenvalue weighted by atomic mass is 9.84. The Morgan fingerprint density at radius 1 is 0.938 bits per heavy atom. The molecule has 1 saturated heterocycles. The first kappa shape index (κ1) is 21.2. The third-order valence-electron chi connectivity index (χ3n) is 6.73. The summed E-state index contributed by atoms with van der Waals surface area (Å²) in [5.41, 5.74) is 4.56. The molecule has 0 aromatic heterocycles. The highest BCUT2D eigenvalue weighted by atomic mass is 35.5. The third-order valence-corrected chi connectivity index (χ3v) is 6.98. The standard InChI is InChI=1S/C27H27ClN2O2/c28-23-12-10-21(11-13-23)26(20-6-2-1-3-7-20)29-18-25(31)30-16-14-27(15-17-30)24-9-5-4-8-22(24)19-32-27/h1-13,26,29H,14-19H2. The van der Waals surface area contributed by atoms with Gasteiger partial charge in [-0.2, -0.15) is 0 Å². The number of piperidine rings is 1. The molecule has 1 atom stereocenters. The highest BCUT2D eigenvalue weighted by molar-refractivity contribution is 6.30. The number of carbonyl (C=O) groups excluding carboxylic acids is 1. The predicted octanol–water partition coefficient (Wildman–Crippen LogP) is 5.07. The fraction of sp³-hybridized carbons (Fsp3) is 0.296. The van der Waals surface area contributed by atoms with Crippen molar-refractivity contribution >= 4 is 17.5 Å². The molecule has 5 heteroatoms. The van der Waals surface area contributed by atoms with Gasteiger partial charge >= 0.3 is 0 Å². The molecule has 1 amide bonds. The number of nitrogens with one attached hydrogen (secondary N) is 1. The number of rotatable bonds is 5. The van der Waals surface area contributed by atoms with Crippen LogP contribution in [0.15, 0.2) is 78.9 Å². The molecule has 4 nitrogen and oxygen atoms in total. The van der Waals surface area contributed by atoms with Gasteiger partial charge in [-0.15, -0.1) is 0 Å². The molecule has 1 spiro atoms. The molecule has 2 heterocycles. The molecular formula is C27H27ClN2O2. The first-order valence-corrected chi connectivity index (χ1v) is 11.6. The molecule has 3 aromatic carbocycles. The summed E-state index contributed by atoms with van der Waals surface area (Å²) in [6.45, 7) is 2.38. The van der Waals surface area contributed by atoms with Crippen LogP contribution in [0.2, 0.25) is 5.02 Å². The second kappa shape index (κ2) is 9.07. The summed E-state index contributed by atoms with van der Waals surface area (Å²) in [6, 6.07) is 26.4. The van der Waals surface area contributed by atoms with E-state index in [1.54, 1.807) is 0 Å². The van der Waals surface area contributed by atoms with E-state index in [0.29, 0.717) is 24.7 Å². The van der Waals surface area contributed by atoms with E-state index in [0.717, 1.165) is 24.0 Å². The van der Waals surface area contributed by atoms with Gasteiger partial charge in [-0.25, -0.2) is 0 Å². The number of carbonyl (C=O) groups is 1. The van der Waals surface area contributed by atoms with Crippen molar-refractivity contribution in [1.82, 2.24) is 10.2 Å². The van der Waals surface area contributed by atoms with Crippen molar-refractivity contribution in [2.24, 2.45) is 0 Å². The molecule has 1 unspecified atom stereocenters. The van der Waals surface area contributed by atoms with Crippen LogP contribution in [0, 0.1) is 0 Å². The lowest BCUT2D eigenvalue weighted by molar-refractivity contribution is -0.137. The Bertz CT molecular complexity index is 1080. The molecule has 2 aliphatic heterocycles. The van der Waals surface area contributed by atoms with E-state index in [4.69, 9.17) is 16.3 Å². The van der Waals surface area contributed by atoms with Crippen LogP contribution in [0.1, 0.15) is 41.1 Å². The largest absolute Gasteiger partial charge is 0.365 e. The molecule has 0 aliphatic carbocycles. The van der Waals surface area contributed by atoms with Gasteiger partial charge in [0.05, 0.1) is 24.8 Å². The fourth-order valence-electron chi connectivity index (χ4n) is 4.95. The minimum Gasteiger partial charge on any atom is -0.365 e. The van der Waals surface area contributed by atoms with E-state index in [9.17, 15) is 4.79 Å². The molecule has 1 N–H and O–H groups in total. The van der Waals surface area contributed by atoms with E-state index in [2.05, 4.69) is 41.7 Å². The van der Waals surface area contributed by atoms with Gasteiger partial charge in [-0.05, 0) is 47.2 Å². The molecule has 164 valence electrons. The zero-order chi connectivity index (χ0) is 22.0. The Morgan fingerprint density at radius 3 is 2.34 bits per heavy atom. The van der Waals surface area contributed by atoms with E-state index in [1.165, 1.54) is 11.1 Å². The maximum atomic E-state index is 13.1. The number of nitrogens with zero attached hydrogens (tertiary/aromatic N) is 1. The Labute approximate surface area is 194 Å². The average Bonchev–Trinajstić information content (AvgIpc) is 3.19. The SMILES string of the molecule is O=C(CNC(c1ccccc1)c1ccc(Cl)cc1)N1CCC2(CC1)OCc1ccccc12. The average molecular weight is 447 g/mol. The van der Waals surface area contributed by atoms with Crippen molar-refractivity contribution in [2.75, 3.05) is 19.6 Å². The normalized spacial score (nSPS) is 17.8. The maximum absolute atomic E-state index is 13.1. The minimum absolute atomic E-state index is 0.0707. The van der Waals surface area contributed by atoms with Crippen LogP contribution >= 0.6 is 11.6 Å². The maximum Gasteiger partial charge on any atom is 0.236 e. The van der Waals surface area contributed by atoms with Crippen molar-refractivity contribution in [3.8, 4) is 0 Å². The van der Waals surface area contributed by atoms with Crippen LogP contribution in [-0.4, -0.2) is 30.4 Å². The van der Waals surface area contributed by atoms with Crippen molar-refractivity contribution in [3.05, 3.63) is 106 Å². The van der Waals surface area contributed by atoms with Crippen LogP contribution in [0.4, 0.5) is 0 Å². The van der Waals surface area contributed by atoms with Crippen molar-refractivity contribution in [3.63, 3.8) is 0 Å². The highest BCUT2D eigenvalue weighted by Crippen LogP contribution is 2.43. The number of hydrogen-bond donors (Lipinski definition) is 1. The Hall–Kier alpha value is -2.66. The van der Waals surface area contributed by atoms with Gasteiger partial charge in [0.2, 0.25) is 5.91 Å². The van der Waals surface area contributed by atoms with Gasteiger partial charge in [-0.1, -0.05) is 78.3 Å². The zero-order valence-electron chi connectivity index (χ0n) is 18.0. The van der Waals surface area contributed by atoms with Crippen molar-refractivity contribution in [2.45, 2.75) is 31.1 Å². The predicted molar refractivity (Wildman–Crippen MR) is 126 cm³/mol. The number of ether oxygens (including phenoxy) is 1. The van der Waals surface area contributed by atoms with Gasteiger partial charge in [0.25, 0.3) is 0 Å². The molecule has 3 aromatic rings. The Balaban J connectivity index is 1.24. The smallest absolute Gasteiger partial charge is 0.236 e. The van der Waals surface area contributed by atoms with Gasteiger partial charge in [0.1, 0.15) is 0 Å². The third kappa shape index (κ3) is 4.18. The topological polar surface area (TPSA) is 41.6 Å². The molecular weight excluding hydrogens is 420 g/mol. The van der Waals surface area contributed by atoms with E-state index >= 15 is 0 Å². The summed E-state index contributed by atoms with van der Waals surface area (Å²) in [4.78, 5) is 15.0. The molecule has 2 aliphatic rings. The first-order chi connectivity index (χ1) is 15.6. The zero-order valence-corrected chi connectivity index (χ0v) is 18.7. The summed E-state index contributed by atoms with van der Waals surface area (Å²) in [5.74, 6) is 0.126. The Morgan fingerprint density at radius 2 is 1.59 bits per heavy atom. The van der Waals surface area contributed by atoms with Crippen LogP contribution in [0.3, 0.4) is 0 Å². The van der Waals surface area contributed by atoms with E-state index in [-0.39, 0.29) is 24.1 Å². The number of benzene rings is 3. The summed E-state index contributed by atoms with van der Waals surface area (Å²) in [6.07, 6.45) is 1.68. The molecule has 0 radical (unpaired) electrons. The second-order valence-corrected chi connectivity index (χ2v) is 9.03. The molecule has 5 rings (SSSR count). The minimum atomic E-state index is -0.226. The fourth-order valence-corrected chi connectivity index (χ4v) is 5.07. The molecule has 0 bridgehead atoms. The Kier molecular flexibility index (Phi) is 6.01. The summed E-state index contributed by atoms with van der Waals surface area (Å²) >= 11 is 6.08. The van der Waals surface area contributed by atoms with Gasteiger partial charge < -0.3 is 9.64 Å². The molecule has 0 saturated carbocycles. The van der Waals surface area contributed by atoms with Gasteiger partial charge in [-0.3, -0.25) is 10.1 Å². The van der Waals surface area contributed by atoms with Crippen LogP contribution < -0.4 is 5.32 Å². The highest BCUT2D eigenvalue weighted by Gasteiger charge is 2.43. The van der Waals surface area contributed by atoms with Crippen molar-refractivity contribution in [1.29, 1.82) is 0 Å². The number of halogens is 1. The summed E-state index contributed by atoms with van der Waals surface area (Å²) < 4.78 is 6.24. The van der Waals surface area contributed by atoms with Crippen LogP contribution in [0.25, 0.3) is 0 Å². The lowest BCUT2D eigenvalue weighted by Crippen LogP contribution is -2.48. The lowest BCUT2D eigenvalue weighted by Gasteiger charge is -2.39. The first-order valence-electron chi connectivity index (χ1n) is 11.2. The number of likely N-dealkylation sites (tertiary alicyclic amines) is 1. The van der Waals surface area contributed by atoms with E-state index in [1.807, 2.05) is 47.4 Å². The number of hydrogen-bond acceptors (Lipinski definition) is 3.